The molecule has 0 aliphatic rings. The summed E-state index contributed by atoms with van der Waals surface area (Å²) < 4.78 is 32.8. The van der Waals surface area contributed by atoms with Crippen LogP contribution in [0.1, 0.15) is 10.4 Å². The van der Waals surface area contributed by atoms with Gasteiger partial charge in [-0.15, -0.1) is 20.5 Å². The van der Waals surface area contributed by atoms with Gasteiger partial charge in [0, 0.05) is 10.8 Å². The monoisotopic (exact) mass is 492 g/mol. The molecule has 0 unspecified atom stereocenters. The fraction of sp³-hybridized carbons (Fsp3) is 0. The molecule has 0 aliphatic heterocycles. The van der Waals surface area contributed by atoms with Gasteiger partial charge in [0.15, 0.2) is 11.4 Å². The average Bonchev–Trinajstić information content (AvgIpc) is 2.82. The number of benzene rings is 4. The average molecular weight is 492 g/mol. The standard InChI is InChI=1S/C23H16N4O7S/c28-19-12-11-18(22(29)21(19)27-25-17-8-2-1-5-15(17)23(30)31)26-24-16-9-3-7-14-13(16)6-4-10-20(14)35(32,33)34/h1-12,28-29H,(H,30,31)(H,32,33,34)/b26-24+,27-25+. The van der Waals surface area contributed by atoms with Crippen LogP contribution in [0.2, 0.25) is 0 Å². The number of hydrogen-bond acceptors (Lipinski definition) is 9. The number of carboxylic acids is 1. The molecule has 4 N–H and O–H groups in total. The van der Waals surface area contributed by atoms with E-state index in [-0.39, 0.29) is 38.6 Å². The number of aromatic carboxylic acids is 1. The van der Waals surface area contributed by atoms with Gasteiger partial charge in [-0.25, -0.2) is 4.79 Å². The van der Waals surface area contributed by atoms with E-state index in [1.54, 1.807) is 18.2 Å². The van der Waals surface area contributed by atoms with E-state index in [0.29, 0.717) is 5.39 Å². The number of hydrogen-bond donors (Lipinski definition) is 4. The van der Waals surface area contributed by atoms with Crippen LogP contribution in [0.4, 0.5) is 22.7 Å². The summed E-state index contributed by atoms with van der Waals surface area (Å²) in [5, 5.41) is 46.2. The Bertz CT molecular complexity index is 1630. The maximum absolute atomic E-state index is 11.7. The summed E-state index contributed by atoms with van der Waals surface area (Å²) in [7, 11) is -4.47. The highest BCUT2D eigenvalue weighted by Gasteiger charge is 2.16. The predicted molar refractivity (Wildman–Crippen MR) is 125 cm³/mol. The molecule has 12 heteroatoms. The molecule has 35 heavy (non-hydrogen) atoms. The maximum Gasteiger partial charge on any atom is 0.337 e. The van der Waals surface area contributed by atoms with Gasteiger partial charge in [-0.1, -0.05) is 36.4 Å². The lowest BCUT2D eigenvalue weighted by molar-refractivity contribution is 0.0697. The van der Waals surface area contributed by atoms with Gasteiger partial charge in [0.25, 0.3) is 10.1 Å². The predicted octanol–water partition coefficient (Wildman–Crippen LogP) is 6.03. The van der Waals surface area contributed by atoms with Gasteiger partial charge >= 0.3 is 5.97 Å². The van der Waals surface area contributed by atoms with Crippen LogP contribution in [0.3, 0.4) is 0 Å². The summed E-state index contributed by atoms with van der Waals surface area (Å²) in [4.78, 5) is 11.0. The first-order chi connectivity index (χ1) is 16.7. The van der Waals surface area contributed by atoms with E-state index in [9.17, 15) is 33.1 Å². The summed E-state index contributed by atoms with van der Waals surface area (Å²) in [5.41, 5.74) is -0.305. The third kappa shape index (κ3) is 4.83. The molecule has 0 spiro atoms. The molecular formula is C23H16N4O7S. The second-order valence-electron chi connectivity index (χ2n) is 7.13. The summed E-state index contributed by atoms with van der Waals surface area (Å²) in [6.45, 7) is 0. The third-order valence-corrected chi connectivity index (χ3v) is 5.82. The van der Waals surface area contributed by atoms with Gasteiger partial charge in [-0.05, 0) is 36.4 Å². The Hall–Kier alpha value is -4.68. The van der Waals surface area contributed by atoms with E-state index < -0.39 is 27.6 Å². The minimum atomic E-state index is -4.47. The molecule has 0 saturated heterocycles. The van der Waals surface area contributed by atoms with Crippen molar-refractivity contribution in [2.45, 2.75) is 4.90 Å². The number of rotatable bonds is 6. The Morgan fingerprint density at radius 3 is 2.06 bits per heavy atom. The molecule has 11 nitrogen and oxygen atoms in total. The van der Waals surface area contributed by atoms with Crippen molar-refractivity contribution < 1.29 is 33.1 Å². The smallest absolute Gasteiger partial charge is 0.337 e. The molecule has 4 aromatic rings. The SMILES string of the molecule is O=C(O)c1ccccc1/N=N/c1c(O)ccc(/N=N/c2cccc3c(S(=O)(=O)O)cccc23)c1O. The zero-order valence-electron chi connectivity index (χ0n) is 17.6. The zero-order valence-corrected chi connectivity index (χ0v) is 18.5. The molecule has 4 rings (SSSR count). The Morgan fingerprint density at radius 2 is 1.31 bits per heavy atom. The van der Waals surface area contributed by atoms with Gasteiger partial charge in [-0.2, -0.15) is 8.42 Å². The molecule has 0 amide bonds. The first-order valence-electron chi connectivity index (χ1n) is 9.87. The van der Waals surface area contributed by atoms with Gasteiger partial charge in [0.2, 0.25) is 0 Å². The van der Waals surface area contributed by atoms with Crippen LogP contribution in [0.25, 0.3) is 10.8 Å². The number of aromatic hydroxyl groups is 2. The van der Waals surface area contributed by atoms with Crippen molar-refractivity contribution in [2.24, 2.45) is 20.5 Å². The third-order valence-electron chi connectivity index (χ3n) is 4.90. The van der Waals surface area contributed by atoms with Crippen LogP contribution >= 0.6 is 0 Å². The van der Waals surface area contributed by atoms with Crippen molar-refractivity contribution in [1.82, 2.24) is 0 Å². The number of carbonyl (C=O) groups is 1. The highest BCUT2D eigenvalue weighted by atomic mass is 32.2. The number of azo groups is 2. The van der Waals surface area contributed by atoms with Crippen LogP contribution in [-0.4, -0.2) is 34.3 Å². The molecule has 0 saturated carbocycles. The van der Waals surface area contributed by atoms with E-state index in [1.807, 2.05) is 0 Å². The molecule has 0 heterocycles. The van der Waals surface area contributed by atoms with Gasteiger partial charge < -0.3 is 15.3 Å². The Morgan fingerprint density at radius 1 is 0.686 bits per heavy atom. The minimum Gasteiger partial charge on any atom is -0.505 e. The highest BCUT2D eigenvalue weighted by molar-refractivity contribution is 7.86. The van der Waals surface area contributed by atoms with E-state index in [4.69, 9.17) is 0 Å². The van der Waals surface area contributed by atoms with Crippen molar-refractivity contribution in [3.63, 3.8) is 0 Å². The number of phenolic OH excluding ortho intramolecular Hbond substituents is 2. The van der Waals surface area contributed by atoms with Crippen molar-refractivity contribution in [2.75, 3.05) is 0 Å². The lowest BCUT2D eigenvalue weighted by Crippen LogP contribution is -1.98. The number of nitrogens with zero attached hydrogens (tertiary/aromatic N) is 4. The van der Waals surface area contributed by atoms with Crippen LogP contribution in [0.15, 0.2) is 98.1 Å². The summed E-state index contributed by atoms with van der Waals surface area (Å²) in [5.74, 6) is -2.21. The minimum absolute atomic E-state index is 0.0104. The quantitative estimate of drug-likeness (QED) is 0.187. The van der Waals surface area contributed by atoms with Gasteiger partial charge in [-0.3, -0.25) is 4.55 Å². The lowest BCUT2D eigenvalue weighted by atomic mass is 10.1. The first kappa shape index (κ1) is 23.5. The second kappa shape index (κ2) is 9.29. The molecule has 0 fully saturated rings. The molecule has 0 aromatic heterocycles. The molecule has 0 aliphatic carbocycles. The molecule has 0 radical (unpaired) electrons. The van der Waals surface area contributed by atoms with Crippen LogP contribution in [-0.2, 0) is 10.1 Å². The largest absolute Gasteiger partial charge is 0.505 e. The number of phenols is 2. The van der Waals surface area contributed by atoms with E-state index in [0.717, 1.165) is 0 Å². The fourth-order valence-corrected chi connectivity index (χ4v) is 3.97. The van der Waals surface area contributed by atoms with Crippen LogP contribution < -0.4 is 0 Å². The van der Waals surface area contributed by atoms with E-state index in [1.165, 1.54) is 54.6 Å². The van der Waals surface area contributed by atoms with Crippen LogP contribution in [0.5, 0.6) is 11.5 Å². The molecular weight excluding hydrogens is 476 g/mol. The summed E-state index contributed by atoms with van der Waals surface area (Å²) in [6.07, 6.45) is 0. The zero-order chi connectivity index (χ0) is 25.2. The second-order valence-corrected chi connectivity index (χ2v) is 8.52. The molecule has 176 valence electrons. The van der Waals surface area contributed by atoms with Gasteiger partial charge in [0.1, 0.15) is 22.0 Å². The first-order valence-corrected chi connectivity index (χ1v) is 11.3. The lowest BCUT2D eigenvalue weighted by Gasteiger charge is -2.06. The summed E-state index contributed by atoms with van der Waals surface area (Å²) >= 11 is 0. The maximum atomic E-state index is 11.7. The van der Waals surface area contributed by atoms with Crippen molar-refractivity contribution in [3.05, 3.63) is 78.4 Å². The van der Waals surface area contributed by atoms with Gasteiger partial charge in [0.05, 0.1) is 11.3 Å². The van der Waals surface area contributed by atoms with E-state index in [2.05, 4.69) is 20.5 Å². The van der Waals surface area contributed by atoms with Crippen molar-refractivity contribution in [1.29, 1.82) is 0 Å². The Balaban J connectivity index is 1.74. The normalized spacial score (nSPS) is 12.0. The van der Waals surface area contributed by atoms with Crippen molar-refractivity contribution >= 4 is 49.6 Å². The number of carboxylic acid groups (broad SMARTS) is 1. The fourth-order valence-electron chi connectivity index (χ4n) is 3.27. The molecule has 4 aromatic carbocycles. The Kier molecular flexibility index (Phi) is 6.23. The van der Waals surface area contributed by atoms with Crippen LogP contribution in [0, 0.1) is 0 Å². The highest BCUT2D eigenvalue weighted by Crippen LogP contribution is 2.44. The molecule has 0 bridgehead atoms. The van der Waals surface area contributed by atoms with Crippen molar-refractivity contribution in [3.8, 4) is 11.5 Å². The Labute approximate surface area is 198 Å². The molecule has 0 atom stereocenters. The van der Waals surface area contributed by atoms with E-state index >= 15 is 0 Å². The number of fused-ring (bicyclic) bond motifs is 1. The summed E-state index contributed by atoms with van der Waals surface area (Å²) in [6, 6.07) is 17.2. The topological polar surface area (TPSA) is 182 Å².